The number of aliphatic carboxylic acids is 1. The number of hydrogen-bond acceptors (Lipinski definition) is 19. The summed E-state index contributed by atoms with van der Waals surface area (Å²) in [4.78, 5) is 48.3. The number of allylic oxidation sites excluding steroid dienone is 3. The molecule has 2 aromatic carbocycles. The molecular formula is C24H14K4N4O18S4. The Labute approximate surface area is 481 Å². The fourth-order valence-electron chi connectivity index (χ4n) is 4.21. The van der Waals surface area contributed by atoms with Crippen LogP contribution in [0, 0.1) is 0 Å². The van der Waals surface area contributed by atoms with Gasteiger partial charge in [-0.05, 0) is 48.9 Å². The number of nitrogens with one attached hydrogen (secondary N) is 1. The van der Waals surface area contributed by atoms with Gasteiger partial charge in [-0.3, -0.25) is 24.8 Å². The number of H-pyrrole nitrogens is 1. The van der Waals surface area contributed by atoms with E-state index < -0.39 is 93.8 Å². The fraction of sp³-hybridized carbons (Fsp3) is 0.0417. The van der Waals surface area contributed by atoms with Gasteiger partial charge in [-0.15, -0.1) is 0 Å². The molecule has 3 aromatic rings. The number of aromatic carboxylic acids is 1. The van der Waals surface area contributed by atoms with E-state index in [-0.39, 0.29) is 244 Å². The van der Waals surface area contributed by atoms with Crippen LogP contribution >= 0.6 is 24.1 Å². The predicted molar refractivity (Wildman–Crippen MR) is 155 cm³/mol. The molecule has 30 heteroatoms. The molecule has 1 aliphatic heterocycles. The number of carboxylic acid groups (broad SMARTS) is 2. The molecule has 0 fully saturated rings. The molecule has 0 bridgehead atoms. The number of carbonyl (C=O) groups excluding carboxylic acids is 1. The van der Waals surface area contributed by atoms with Crippen LogP contribution in [0.15, 0.2) is 89.7 Å². The van der Waals surface area contributed by atoms with Gasteiger partial charge in [0.1, 0.15) is 25.9 Å². The van der Waals surface area contributed by atoms with Crippen molar-refractivity contribution in [1.82, 2.24) is 9.78 Å². The van der Waals surface area contributed by atoms with E-state index in [1.807, 2.05) is 0 Å². The summed E-state index contributed by atoms with van der Waals surface area (Å²) < 4.78 is 79.9. The number of anilines is 1. The number of rotatable bonds is 15. The third kappa shape index (κ3) is 14.2. The Bertz CT molecular complexity index is 2260. The van der Waals surface area contributed by atoms with Crippen molar-refractivity contribution in [3.8, 4) is 5.69 Å². The number of benzene rings is 2. The molecule has 0 radical (unpaired) electrons. The molecule has 22 nitrogen and oxygen atoms in total. The summed E-state index contributed by atoms with van der Waals surface area (Å²) in [6, 6.07) is 5.29. The van der Waals surface area contributed by atoms with Crippen molar-refractivity contribution in [1.29, 1.82) is 0 Å². The Morgan fingerprint density at radius 3 is 1.80 bits per heavy atom. The van der Waals surface area contributed by atoms with Crippen molar-refractivity contribution in [3.05, 3.63) is 81.8 Å². The second kappa shape index (κ2) is 24.9. The Morgan fingerprint density at radius 2 is 1.33 bits per heavy atom. The molecule has 3 N–H and O–H groups in total. The molecule has 1 aromatic heterocycles. The summed E-state index contributed by atoms with van der Waals surface area (Å²) in [5.41, 5.74) is -5.44. The Hall–Kier alpha value is 1.84. The minimum absolute atomic E-state index is 0. The Morgan fingerprint density at radius 1 is 0.833 bits per heavy atom. The van der Waals surface area contributed by atoms with Gasteiger partial charge in [0.25, 0.3) is 11.5 Å². The van der Waals surface area contributed by atoms with E-state index in [4.69, 9.17) is 0 Å². The van der Waals surface area contributed by atoms with Crippen LogP contribution in [0.3, 0.4) is 0 Å². The number of nitrogens with zero attached hydrogens (tertiary/aromatic N) is 3. The number of aromatic nitrogens is 2. The predicted octanol–water partition coefficient (Wildman–Crippen LogP) is -13.3. The van der Waals surface area contributed by atoms with Crippen LogP contribution in [0.4, 0.5) is 5.69 Å². The zero-order chi connectivity index (χ0) is 37.0. The van der Waals surface area contributed by atoms with Gasteiger partial charge in [-0.25, -0.2) is 31.1 Å². The molecule has 2 heterocycles. The van der Waals surface area contributed by atoms with Crippen LogP contribution in [0.25, 0.3) is 5.69 Å². The third-order valence-electron chi connectivity index (χ3n) is 6.19. The number of carboxylic acids is 2. The minimum atomic E-state index is -5.29. The number of aromatic amines is 1. The van der Waals surface area contributed by atoms with Crippen LogP contribution in [0.1, 0.15) is 16.1 Å². The SMILES string of the molecule is O=C(O)C1=NN(c2cc(SOO[O-])ccc2S(=O)(=O)[O-])C(=O)C1=CC=CCc1c(C(=O)O)[nH]n(-c2cc(SOO[O-])ccc2S(=O)(=O)[O-])c1=O.[K+].[K+].[K+].[K+]. The number of hydrazone groups is 1. The molecule has 54 heavy (non-hydrogen) atoms. The van der Waals surface area contributed by atoms with Crippen LogP contribution in [0.5, 0.6) is 0 Å². The van der Waals surface area contributed by atoms with Crippen molar-refractivity contribution in [2.45, 2.75) is 26.0 Å². The van der Waals surface area contributed by atoms with Gasteiger partial charge in [0.15, 0.2) is 5.71 Å². The van der Waals surface area contributed by atoms with Crippen LogP contribution in [-0.4, -0.2) is 69.5 Å². The molecule has 0 unspecified atom stereocenters. The standard InChI is InChI=1S/C24H18N4O18S4.4K/c29-21-13(19(23(31)32)25-27(21)15-9-11(47-45-43-35)5-7-17(15)49(37,38)39)3-1-2-4-14-20(24(33)34)26-28(22(14)30)16-10-12(48-46-44-36)6-8-18(16)50(40,41)42;;;;/h1-3,5-10,26,35-36H,4H2,(H,31,32)(H,33,34)(H,37,38,39)(H,40,41,42);;;;/q;4*+1/p-4. The summed E-state index contributed by atoms with van der Waals surface area (Å²) in [6.07, 6.45) is 2.37. The largest absolute Gasteiger partial charge is 1.00 e. The molecule has 0 saturated heterocycles. The summed E-state index contributed by atoms with van der Waals surface area (Å²) in [7, 11) is -10.5. The van der Waals surface area contributed by atoms with Gasteiger partial charge in [0.05, 0.1) is 56.4 Å². The molecule has 1 aliphatic rings. The summed E-state index contributed by atoms with van der Waals surface area (Å²) >= 11 is 0.508. The van der Waals surface area contributed by atoms with E-state index in [1.54, 1.807) is 0 Å². The van der Waals surface area contributed by atoms with Crippen molar-refractivity contribution in [2.24, 2.45) is 5.10 Å². The summed E-state index contributed by atoms with van der Waals surface area (Å²) in [5, 5.41) is 52.1. The maximum atomic E-state index is 13.3. The van der Waals surface area contributed by atoms with Crippen molar-refractivity contribution < 1.29 is 285 Å². The van der Waals surface area contributed by atoms with Crippen molar-refractivity contribution in [3.63, 3.8) is 0 Å². The van der Waals surface area contributed by atoms with Crippen LogP contribution in [0.2, 0.25) is 0 Å². The topological polar surface area (TPSA) is 342 Å². The normalized spacial score (nSPS) is 13.5. The summed E-state index contributed by atoms with van der Waals surface area (Å²) in [5.74, 6) is -4.74. The van der Waals surface area contributed by atoms with Gasteiger partial charge in [0, 0.05) is 9.79 Å². The smallest absolute Gasteiger partial charge is 0.744 e. The van der Waals surface area contributed by atoms with E-state index in [0.29, 0.717) is 4.68 Å². The molecule has 0 saturated carbocycles. The Kier molecular flexibility index (Phi) is 25.8. The van der Waals surface area contributed by atoms with Gasteiger partial charge in [0.2, 0.25) is 0 Å². The second-order valence-electron chi connectivity index (χ2n) is 9.10. The van der Waals surface area contributed by atoms with Crippen molar-refractivity contribution in [2.75, 3.05) is 5.01 Å². The monoisotopic (exact) mass is 930 g/mol. The first-order chi connectivity index (χ1) is 23.5. The van der Waals surface area contributed by atoms with Gasteiger partial charge in [-0.1, -0.05) is 12.2 Å². The maximum absolute atomic E-state index is 13.3. The third-order valence-corrected chi connectivity index (χ3v) is 9.09. The molecular weight excluding hydrogens is 917 g/mol. The van der Waals surface area contributed by atoms with E-state index in [0.717, 1.165) is 54.6 Å². The van der Waals surface area contributed by atoms with Crippen LogP contribution in [-0.2, 0) is 55.0 Å². The van der Waals surface area contributed by atoms with Gasteiger partial charge in [-0.2, -0.15) is 18.8 Å². The quantitative estimate of drug-likeness (QED) is 0.0318. The maximum Gasteiger partial charge on any atom is 1.00 e. The van der Waals surface area contributed by atoms with E-state index >= 15 is 0 Å². The molecule has 1 amide bonds. The first kappa shape index (κ1) is 55.8. The molecule has 4 rings (SSSR count). The van der Waals surface area contributed by atoms with E-state index in [2.05, 4.69) is 28.9 Å². The first-order valence-corrected chi connectivity index (χ1v) is 16.9. The van der Waals surface area contributed by atoms with Crippen molar-refractivity contribution >= 4 is 73.6 Å². The average molecular weight is 931 g/mol. The number of carbonyl (C=O) groups is 3. The first-order valence-electron chi connectivity index (χ1n) is 12.6. The van der Waals surface area contributed by atoms with Crippen LogP contribution < -0.4 is 227 Å². The molecule has 0 aliphatic carbocycles. The number of hydrogen-bond donors (Lipinski definition) is 3. The molecule has 0 atom stereocenters. The average Bonchev–Trinajstić information content (AvgIpc) is 3.55. The minimum Gasteiger partial charge on any atom is -0.744 e. The van der Waals surface area contributed by atoms with E-state index in [9.17, 15) is 65.8 Å². The Balaban J connectivity index is 0.00000702. The van der Waals surface area contributed by atoms with Gasteiger partial charge >= 0.3 is 217 Å². The second-order valence-corrected chi connectivity index (χ2v) is 13.3. The van der Waals surface area contributed by atoms with Gasteiger partial charge < -0.3 is 29.8 Å². The fourth-order valence-corrected chi connectivity index (χ4v) is 6.27. The zero-order valence-electron chi connectivity index (χ0n) is 27.8. The zero-order valence-corrected chi connectivity index (χ0v) is 43.6. The molecule has 266 valence electrons. The summed E-state index contributed by atoms with van der Waals surface area (Å²) in [6.45, 7) is 0. The number of amides is 1. The molecule has 0 spiro atoms. The van der Waals surface area contributed by atoms with E-state index in [1.165, 1.54) is 0 Å².